The molecule has 0 saturated heterocycles. The molecule has 0 aliphatic heterocycles. The van der Waals surface area contributed by atoms with Gasteiger partial charge in [-0.25, -0.2) is 4.79 Å². The first-order valence-corrected chi connectivity index (χ1v) is 2.42. The minimum atomic E-state index is -1.07. The molecule has 1 aromatic rings. The van der Waals surface area contributed by atoms with Crippen molar-refractivity contribution in [1.29, 1.82) is 0 Å². The van der Waals surface area contributed by atoms with Crippen LogP contribution in [-0.2, 0) is 0 Å². The highest BCUT2D eigenvalue weighted by atomic mass is 16.4. The SMILES string of the molecule is [2H]c1ccc(C(=O)O)cc1[2H]. The van der Waals surface area contributed by atoms with Gasteiger partial charge in [0.25, 0.3) is 0 Å². The molecule has 0 amide bonds. The van der Waals surface area contributed by atoms with Gasteiger partial charge in [0.2, 0.25) is 0 Å². The fourth-order valence-electron chi connectivity index (χ4n) is 0.480. The summed E-state index contributed by atoms with van der Waals surface area (Å²) in [4.78, 5) is 10.3. The van der Waals surface area contributed by atoms with Crippen LogP contribution in [0.1, 0.15) is 13.1 Å². The molecule has 0 aromatic heterocycles. The van der Waals surface area contributed by atoms with Crippen molar-refractivity contribution in [1.82, 2.24) is 0 Å². The normalized spacial score (nSPS) is 12.0. The average molecular weight is 124 g/mol. The number of carbonyl (C=O) groups is 1. The molecular formula is C7H6O2. The predicted octanol–water partition coefficient (Wildman–Crippen LogP) is 1.38. The van der Waals surface area contributed by atoms with Crippen LogP contribution in [0.3, 0.4) is 0 Å². The van der Waals surface area contributed by atoms with Crippen LogP contribution in [0, 0.1) is 0 Å². The standard InChI is InChI=1S/C7H6O2/c8-7(9)6-4-2-1-3-5-6/h1-5H,(H,8,9)/i1D,2D. The van der Waals surface area contributed by atoms with E-state index in [2.05, 4.69) is 0 Å². The Kier molecular flexibility index (Phi) is 0.939. The number of carboxylic acid groups (broad SMARTS) is 1. The fraction of sp³-hybridized carbons (Fsp3) is 0. The molecule has 0 aliphatic rings. The number of aromatic carboxylic acids is 1. The molecule has 0 heterocycles. The average Bonchev–Trinajstić information content (AvgIpc) is 1.94. The van der Waals surface area contributed by atoms with Gasteiger partial charge in [-0.2, -0.15) is 0 Å². The molecule has 0 spiro atoms. The molecule has 0 aliphatic carbocycles. The maximum absolute atomic E-state index is 10.3. The number of rotatable bonds is 1. The lowest BCUT2D eigenvalue weighted by atomic mass is 10.2. The van der Waals surface area contributed by atoms with E-state index in [-0.39, 0.29) is 17.6 Å². The number of hydrogen-bond acceptors (Lipinski definition) is 1. The van der Waals surface area contributed by atoms with E-state index in [4.69, 9.17) is 7.85 Å². The first kappa shape index (κ1) is 3.67. The van der Waals surface area contributed by atoms with Crippen molar-refractivity contribution in [3.8, 4) is 0 Å². The van der Waals surface area contributed by atoms with E-state index in [0.717, 1.165) is 6.07 Å². The zero-order valence-corrected chi connectivity index (χ0v) is 4.59. The van der Waals surface area contributed by atoms with Crippen molar-refractivity contribution in [3.63, 3.8) is 0 Å². The first-order chi connectivity index (χ1) is 5.11. The topological polar surface area (TPSA) is 37.3 Å². The molecule has 0 fully saturated rings. The Hall–Kier alpha value is -1.31. The quantitative estimate of drug-likeness (QED) is 0.614. The third kappa shape index (κ3) is 1.29. The summed E-state index contributed by atoms with van der Waals surface area (Å²) >= 11 is 0. The van der Waals surface area contributed by atoms with Crippen molar-refractivity contribution >= 4 is 5.97 Å². The van der Waals surface area contributed by atoms with Gasteiger partial charge in [0, 0.05) is 0 Å². The molecular weight excluding hydrogens is 116 g/mol. The highest BCUT2D eigenvalue weighted by Crippen LogP contribution is 1.96. The lowest BCUT2D eigenvalue weighted by Gasteiger charge is -1.88. The molecule has 0 atom stereocenters. The van der Waals surface area contributed by atoms with Gasteiger partial charge in [0.05, 0.1) is 8.30 Å². The maximum atomic E-state index is 10.3. The minimum Gasteiger partial charge on any atom is -0.478 e. The molecule has 0 radical (unpaired) electrons. The molecule has 0 saturated carbocycles. The summed E-state index contributed by atoms with van der Waals surface area (Å²) in [6, 6.07) is 3.74. The van der Waals surface area contributed by atoms with Gasteiger partial charge in [-0.3, -0.25) is 0 Å². The molecule has 2 nitrogen and oxygen atoms in total. The lowest BCUT2D eigenvalue weighted by Crippen LogP contribution is -1.93. The Morgan fingerprint density at radius 3 is 2.89 bits per heavy atom. The largest absolute Gasteiger partial charge is 0.478 e. The summed E-state index contributed by atoms with van der Waals surface area (Å²) in [7, 11) is 0. The second-order valence-corrected chi connectivity index (χ2v) is 1.53. The fourth-order valence-corrected chi connectivity index (χ4v) is 0.480. The van der Waals surface area contributed by atoms with Crippen LogP contribution in [-0.4, -0.2) is 11.1 Å². The molecule has 9 heavy (non-hydrogen) atoms. The third-order valence-electron chi connectivity index (χ3n) is 0.904. The minimum absolute atomic E-state index is 0.0370. The second-order valence-electron chi connectivity index (χ2n) is 1.53. The van der Waals surface area contributed by atoms with Crippen LogP contribution in [0.2, 0.25) is 0 Å². The summed E-state index contributed by atoms with van der Waals surface area (Å²) < 4.78 is 14.2. The Bertz CT molecular complexity index is 296. The van der Waals surface area contributed by atoms with Gasteiger partial charge in [-0.1, -0.05) is 18.2 Å². The summed E-state index contributed by atoms with van der Waals surface area (Å²) in [6.07, 6.45) is 0. The van der Waals surface area contributed by atoms with E-state index >= 15 is 0 Å². The van der Waals surface area contributed by atoms with E-state index in [1.165, 1.54) is 12.1 Å². The molecule has 0 unspecified atom stereocenters. The molecule has 1 rings (SSSR count). The zero-order valence-electron chi connectivity index (χ0n) is 6.59. The van der Waals surface area contributed by atoms with Crippen molar-refractivity contribution in [2.45, 2.75) is 0 Å². The van der Waals surface area contributed by atoms with Crippen LogP contribution < -0.4 is 0 Å². The highest BCUT2D eigenvalue weighted by molar-refractivity contribution is 5.87. The summed E-state index contributed by atoms with van der Waals surface area (Å²) in [5.41, 5.74) is 0.0472. The Morgan fingerprint density at radius 2 is 2.33 bits per heavy atom. The van der Waals surface area contributed by atoms with E-state index < -0.39 is 5.97 Å². The van der Waals surface area contributed by atoms with Gasteiger partial charge >= 0.3 is 5.97 Å². The smallest absolute Gasteiger partial charge is 0.335 e. The van der Waals surface area contributed by atoms with Crippen molar-refractivity contribution < 1.29 is 12.6 Å². The van der Waals surface area contributed by atoms with Crippen LogP contribution >= 0.6 is 0 Å². The maximum Gasteiger partial charge on any atom is 0.335 e. The number of hydrogen-bond donors (Lipinski definition) is 1. The van der Waals surface area contributed by atoms with Crippen LogP contribution in [0.5, 0.6) is 0 Å². The van der Waals surface area contributed by atoms with Crippen LogP contribution in [0.15, 0.2) is 30.3 Å². The van der Waals surface area contributed by atoms with Crippen molar-refractivity contribution in [3.05, 3.63) is 35.8 Å². The van der Waals surface area contributed by atoms with Crippen LogP contribution in [0.4, 0.5) is 0 Å². The highest BCUT2D eigenvalue weighted by Gasteiger charge is 1.96. The summed E-state index contributed by atoms with van der Waals surface area (Å²) in [5, 5.41) is 8.46. The van der Waals surface area contributed by atoms with Gasteiger partial charge in [0.15, 0.2) is 0 Å². The predicted molar refractivity (Wildman–Crippen MR) is 33.4 cm³/mol. The monoisotopic (exact) mass is 124 g/mol. The number of carboxylic acids is 1. The van der Waals surface area contributed by atoms with Crippen molar-refractivity contribution in [2.75, 3.05) is 0 Å². The lowest BCUT2D eigenvalue weighted by molar-refractivity contribution is 0.0697. The Morgan fingerprint density at radius 1 is 1.56 bits per heavy atom. The number of benzene rings is 1. The van der Waals surface area contributed by atoms with Gasteiger partial charge in [-0.05, 0) is 12.1 Å². The van der Waals surface area contributed by atoms with Gasteiger partial charge in [-0.15, -0.1) is 0 Å². The molecule has 46 valence electrons. The van der Waals surface area contributed by atoms with E-state index in [9.17, 15) is 4.79 Å². The third-order valence-corrected chi connectivity index (χ3v) is 0.904. The Labute approximate surface area is 55.6 Å². The first-order valence-electron chi connectivity index (χ1n) is 3.42. The van der Waals surface area contributed by atoms with E-state index in [0.29, 0.717) is 0 Å². The second kappa shape index (κ2) is 2.31. The summed E-state index contributed by atoms with van der Waals surface area (Å²) in [6.45, 7) is 0. The molecule has 0 bridgehead atoms. The van der Waals surface area contributed by atoms with Gasteiger partial charge in [0.1, 0.15) is 0 Å². The Balaban J connectivity index is 3.15. The van der Waals surface area contributed by atoms with E-state index in [1.807, 2.05) is 0 Å². The molecule has 1 aromatic carbocycles. The zero-order chi connectivity index (χ0) is 8.43. The van der Waals surface area contributed by atoms with Crippen LogP contribution in [0.25, 0.3) is 0 Å². The summed E-state index contributed by atoms with van der Waals surface area (Å²) in [5.74, 6) is -1.07. The van der Waals surface area contributed by atoms with Crippen molar-refractivity contribution in [2.24, 2.45) is 0 Å². The van der Waals surface area contributed by atoms with E-state index in [1.54, 1.807) is 0 Å². The van der Waals surface area contributed by atoms with Gasteiger partial charge < -0.3 is 5.11 Å². The molecule has 2 heteroatoms. The molecule has 1 N–H and O–H groups in total.